The highest BCUT2D eigenvalue weighted by molar-refractivity contribution is 7.99. The molecule has 12 heteroatoms. The number of rotatable bonds is 5. The van der Waals surface area contributed by atoms with Crippen molar-refractivity contribution in [3.63, 3.8) is 0 Å². The zero-order chi connectivity index (χ0) is 26.7. The van der Waals surface area contributed by atoms with Crippen LogP contribution in [-0.2, 0) is 16.1 Å². The monoisotopic (exact) mass is 525 g/mol. The summed E-state index contributed by atoms with van der Waals surface area (Å²) in [4.78, 5) is 40.3. The number of fused-ring (bicyclic) bond motifs is 1. The van der Waals surface area contributed by atoms with Crippen LogP contribution in [0.5, 0.6) is 5.75 Å². The van der Waals surface area contributed by atoms with Gasteiger partial charge < -0.3 is 25.0 Å². The summed E-state index contributed by atoms with van der Waals surface area (Å²) in [6.45, 7) is 5.07. The first-order valence-electron chi connectivity index (χ1n) is 10.9. The van der Waals surface area contributed by atoms with E-state index >= 15 is 0 Å². The van der Waals surface area contributed by atoms with E-state index in [1.807, 2.05) is 0 Å². The summed E-state index contributed by atoms with van der Waals surface area (Å²) in [5.41, 5.74) is 0.505. The van der Waals surface area contributed by atoms with Crippen LogP contribution in [0, 0.1) is 0 Å². The van der Waals surface area contributed by atoms with Gasteiger partial charge in [-0.25, -0.2) is 4.79 Å². The molecule has 36 heavy (non-hydrogen) atoms. The molecule has 2 aromatic rings. The van der Waals surface area contributed by atoms with Crippen molar-refractivity contribution < 1.29 is 37.0 Å². The summed E-state index contributed by atoms with van der Waals surface area (Å²) >= 11 is 1.32. The topological polar surface area (TPSA) is 97.0 Å². The fourth-order valence-corrected chi connectivity index (χ4v) is 4.44. The van der Waals surface area contributed by atoms with Crippen LogP contribution in [0.25, 0.3) is 0 Å². The van der Waals surface area contributed by atoms with Gasteiger partial charge in [-0.15, -0.1) is 24.9 Å². The highest BCUT2D eigenvalue weighted by Crippen LogP contribution is 2.36. The Hall–Kier alpha value is -3.41. The SMILES string of the molecule is CNC(=O)c1ccc2c(c1)N(Cc1ccc(OC(F)(F)F)cc1)C(=O)[C@@H](NC(=O)OC(C)(C)C)CS2. The van der Waals surface area contributed by atoms with Crippen LogP contribution in [0.1, 0.15) is 36.7 Å². The zero-order valence-electron chi connectivity index (χ0n) is 20.1. The molecule has 0 saturated heterocycles. The van der Waals surface area contributed by atoms with Gasteiger partial charge >= 0.3 is 12.5 Å². The molecule has 0 bridgehead atoms. The molecular formula is C24H26F3N3O5S. The van der Waals surface area contributed by atoms with E-state index in [0.29, 0.717) is 21.7 Å². The van der Waals surface area contributed by atoms with Crippen LogP contribution in [0.15, 0.2) is 47.4 Å². The van der Waals surface area contributed by atoms with Gasteiger partial charge in [0, 0.05) is 23.3 Å². The van der Waals surface area contributed by atoms with Gasteiger partial charge in [-0.3, -0.25) is 9.59 Å². The molecule has 3 rings (SSSR count). The second-order valence-electron chi connectivity index (χ2n) is 8.89. The van der Waals surface area contributed by atoms with Gasteiger partial charge in [-0.05, 0) is 56.7 Å². The van der Waals surface area contributed by atoms with Crippen molar-refractivity contribution in [2.24, 2.45) is 0 Å². The van der Waals surface area contributed by atoms with Crippen molar-refractivity contribution in [1.29, 1.82) is 0 Å². The van der Waals surface area contributed by atoms with Crippen LogP contribution >= 0.6 is 11.8 Å². The minimum Gasteiger partial charge on any atom is -0.444 e. The number of alkyl carbamates (subject to hydrolysis) is 1. The minimum absolute atomic E-state index is 0.0254. The third kappa shape index (κ3) is 7.30. The Morgan fingerprint density at radius 3 is 2.36 bits per heavy atom. The Morgan fingerprint density at radius 2 is 1.78 bits per heavy atom. The molecule has 0 fully saturated rings. The molecule has 0 spiro atoms. The number of amides is 3. The van der Waals surface area contributed by atoms with Gasteiger partial charge in [0.1, 0.15) is 17.4 Å². The summed E-state index contributed by atoms with van der Waals surface area (Å²) in [5, 5.41) is 5.13. The lowest BCUT2D eigenvalue weighted by atomic mass is 10.1. The number of anilines is 1. The second-order valence-corrected chi connectivity index (χ2v) is 9.95. The maximum atomic E-state index is 13.6. The largest absolute Gasteiger partial charge is 0.573 e. The molecule has 1 aliphatic heterocycles. The quantitative estimate of drug-likeness (QED) is 0.598. The molecule has 8 nitrogen and oxygen atoms in total. The van der Waals surface area contributed by atoms with Crippen molar-refractivity contribution in [1.82, 2.24) is 10.6 Å². The Morgan fingerprint density at radius 1 is 1.11 bits per heavy atom. The number of ether oxygens (including phenoxy) is 2. The van der Waals surface area contributed by atoms with E-state index < -0.39 is 35.8 Å². The molecule has 3 amide bonds. The van der Waals surface area contributed by atoms with E-state index in [-0.39, 0.29) is 18.2 Å². The molecule has 0 aliphatic carbocycles. The first kappa shape index (κ1) is 27.2. The van der Waals surface area contributed by atoms with E-state index in [1.165, 1.54) is 35.8 Å². The summed E-state index contributed by atoms with van der Waals surface area (Å²) < 4.78 is 46.7. The number of carbonyl (C=O) groups is 3. The fraction of sp³-hybridized carbons (Fsp3) is 0.375. The lowest BCUT2D eigenvalue weighted by Crippen LogP contribution is -2.50. The lowest BCUT2D eigenvalue weighted by Gasteiger charge is -2.27. The molecule has 2 aromatic carbocycles. The average molecular weight is 526 g/mol. The molecule has 1 aliphatic rings. The van der Waals surface area contributed by atoms with Crippen molar-refractivity contribution in [3.05, 3.63) is 53.6 Å². The maximum Gasteiger partial charge on any atom is 0.573 e. The first-order valence-corrected chi connectivity index (χ1v) is 11.9. The number of thioether (sulfide) groups is 1. The highest BCUT2D eigenvalue weighted by atomic mass is 32.2. The second kappa shape index (κ2) is 10.7. The lowest BCUT2D eigenvalue weighted by molar-refractivity contribution is -0.274. The maximum absolute atomic E-state index is 13.6. The number of halogens is 3. The smallest absolute Gasteiger partial charge is 0.444 e. The van der Waals surface area contributed by atoms with Gasteiger partial charge in [-0.2, -0.15) is 0 Å². The standard InChI is InChI=1S/C24H26F3N3O5S/c1-23(2,3)35-22(33)29-17-13-36-19-10-7-15(20(31)28-4)11-18(19)30(21(17)32)12-14-5-8-16(9-6-14)34-24(25,26)27/h5-11,17H,12-13H2,1-4H3,(H,28,31)(H,29,33)/t17-/m0/s1. The Kier molecular flexibility index (Phi) is 8.07. The molecule has 194 valence electrons. The number of nitrogens with one attached hydrogen (secondary N) is 2. The van der Waals surface area contributed by atoms with Crippen molar-refractivity contribution in [3.8, 4) is 5.75 Å². The van der Waals surface area contributed by atoms with Crippen LogP contribution in [0.2, 0.25) is 0 Å². The molecule has 0 aromatic heterocycles. The number of benzene rings is 2. The highest BCUT2D eigenvalue weighted by Gasteiger charge is 2.34. The van der Waals surface area contributed by atoms with E-state index in [4.69, 9.17) is 4.74 Å². The normalized spacial score (nSPS) is 16.0. The van der Waals surface area contributed by atoms with Crippen LogP contribution in [-0.4, -0.2) is 48.7 Å². The number of nitrogens with zero attached hydrogens (tertiary/aromatic N) is 1. The van der Waals surface area contributed by atoms with E-state index in [0.717, 1.165) is 12.1 Å². The number of hydrogen-bond donors (Lipinski definition) is 2. The average Bonchev–Trinajstić information content (AvgIpc) is 2.89. The molecule has 0 radical (unpaired) electrons. The summed E-state index contributed by atoms with van der Waals surface area (Å²) in [6.07, 6.45) is -5.58. The third-order valence-electron chi connectivity index (χ3n) is 4.90. The number of hydrogen-bond acceptors (Lipinski definition) is 6. The van der Waals surface area contributed by atoms with E-state index in [2.05, 4.69) is 15.4 Å². The number of carbonyl (C=O) groups excluding carboxylic acids is 3. The predicted octanol–water partition coefficient (Wildman–Crippen LogP) is 4.48. The van der Waals surface area contributed by atoms with Gasteiger partial charge in [0.15, 0.2) is 0 Å². The van der Waals surface area contributed by atoms with Crippen molar-refractivity contribution >= 4 is 35.4 Å². The first-order chi connectivity index (χ1) is 16.8. The van der Waals surface area contributed by atoms with Gasteiger partial charge in [0.25, 0.3) is 11.8 Å². The van der Waals surface area contributed by atoms with Crippen LogP contribution in [0.4, 0.5) is 23.7 Å². The van der Waals surface area contributed by atoms with Crippen molar-refractivity contribution in [2.75, 3.05) is 17.7 Å². The summed E-state index contributed by atoms with van der Waals surface area (Å²) in [6, 6.07) is 9.06. The predicted molar refractivity (Wildman–Crippen MR) is 128 cm³/mol. The van der Waals surface area contributed by atoms with Crippen LogP contribution < -0.4 is 20.3 Å². The van der Waals surface area contributed by atoms with Gasteiger partial charge in [0.05, 0.1) is 12.2 Å². The van der Waals surface area contributed by atoms with Gasteiger partial charge in [0.2, 0.25) is 0 Å². The minimum atomic E-state index is -4.82. The molecule has 1 atom stereocenters. The van der Waals surface area contributed by atoms with E-state index in [9.17, 15) is 27.6 Å². The van der Waals surface area contributed by atoms with Crippen molar-refractivity contribution in [2.45, 2.75) is 50.2 Å². The van der Waals surface area contributed by atoms with E-state index in [1.54, 1.807) is 39.0 Å². The Balaban J connectivity index is 1.94. The molecule has 2 N–H and O–H groups in total. The molecule has 0 saturated carbocycles. The summed E-state index contributed by atoms with van der Waals surface area (Å²) in [7, 11) is 1.48. The molecular weight excluding hydrogens is 499 g/mol. The van der Waals surface area contributed by atoms with Gasteiger partial charge in [-0.1, -0.05) is 12.1 Å². The fourth-order valence-electron chi connectivity index (χ4n) is 3.38. The zero-order valence-corrected chi connectivity index (χ0v) is 20.9. The molecule has 0 unspecified atom stereocenters. The summed E-state index contributed by atoms with van der Waals surface area (Å²) in [5.74, 6) is -0.997. The Bertz CT molecular complexity index is 1130. The third-order valence-corrected chi connectivity index (χ3v) is 6.05. The molecule has 1 heterocycles. The Labute approximate surface area is 210 Å². The van der Waals surface area contributed by atoms with Crippen LogP contribution in [0.3, 0.4) is 0 Å². The number of alkyl halides is 3.